The molecule has 0 bridgehead atoms. The maximum Gasteiger partial charge on any atom is 0.263 e. The molecular formula is C25H22ClNO3S. The fraction of sp³-hybridized carbons (Fsp3) is 0.160. The van der Waals surface area contributed by atoms with E-state index >= 15 is 0 Å². The summed E-state index contributed by atoms with van der Waals surface area (Å²) < 4.78 is 11.8. The third-order valence-electron chi connectivity index (χ3n) is 5.14. The number of halogens is 1. The van der Waals surface area contributed by atoms with Crippen molar-refractivity contribution < 1.29 is 14.3 Å². The number of methoxy groups -OCH3 is 2. The number of carbonyl (C=O) groups is 1. The Morgan fingerprint density at radius 3 is 2.39 bits per heavy atom. The van der Waals surface area contributed by atoms with E-state index in [1.165, 1.54) is 11.3 Å². The van der Waals surface area contributed by atoms with E-state index in [1.54, 1.807) is 14.2 Å². The van der Waals surface area contributed by atoms with Gasteiger partial charge in [0.2, 0.25) is 0 Å². The van der Waals surface area contributed by atoms with E-state index in [2.05, 4.69) is 5.32 Å². The normalized spacial score (nSPS) is 11.8. The lowest BCUT2D eigenvalue weighted by atomic mass is 9.98. The Balaban J connectivity index is 1.68. The molecule has 1 heterocycles. The second-order valence-corrected chi connectivity index (χ2v) is 8.50. The molecule has 0 aliphatic carbocycles. The van der Waals surface area contributed by atoms with Crippen molar-refractivity contribution >= 4 is 38.9 Å². The van der Waals surface area contributed by atoms with Gasteiger partial charge in [-0.2, -0.15) is 0 Å². The minimum atomic E-state index is -0.268. The number of fused-ring (bicyclic) bond motifs is 1. The molecule has 4 rings (SSSR count). The van der Waals surface area contributed by atoms with Gasteiger partial charge in [-0.25, -0.2) is 0 Å². The molecule has 0 aliphatic heterocycles. The standard InChI is InChI=1S/C25H22ClNO3S/c1-29-20-13-12-17(15-21(20)30-2)19(14-16-8-4-3-5-9-16)27-25(28)24-23(26)18-10-6-7-11-22(18)31-24/h3-13,15,19H,14H2,1-2H3,(H,27,28)/t19-/m0/s1. The van der Waals surface area contributed by atoms with Gasteiger partial charge in [0.25, 0.3) is 5.91 Å². The Kier molecular flexibility index (Phi) is 6.44. The molecule has 4 nitrogen and oxygen atoms in total. The molecule has 0 aliphatic rings. The largest absolute Gasteiger partial charge is 0.493 e. The van der Waals surface area contributed by atoms with Crippen LogP contribution in [-0.2, 0) is 6.42 Å². The Morgan fingerprint density at radius 2 is 1.68 bits per heavy atom. The van der Waals surface area contributed by atoms with Crippen LogP contribution in [0.2, 0.25) is 5.02 Å². The van der Waals surface area contributed by atoms with Crippen molar-refractivity contribution in [1.29, 1.82) is 0 Å². The van der Waals surface area contributed by atoms with E-state index < -0.39 is 0 Å². The monoisotopic (exact) mass is 451 g/mol. The average molecular weight is 452 g/mol. The van der Waals surface area contributed by atoms with Crippen LogP contribution < -0.4 is 14.8 Å². The van der Waals surface area contributed by atoms with Crippen LogP contribution in [0.3, 0.4) is 0 Å². The number of hydrogen-bond donors (Lipinski definition) is 1. The number of hydrogen-bond acceptors (Lipinski definition) is 4. The third-order valence-corrected chi connectivity index (χ3v) is 6.81. The number of amides is 1. The minimum absolute atomic E-state index is 0.193. The van der Waals surface area contributed by atoms with Crippen LogP contribution in [0.4, 0.5) is 0 Å². The van der Waals surface area contributed by atoms with Crippen LogP contribution in [0.25, 0.3) is 10.1 Å². The summed E-state index contributed by atoms with van der Waals surface area (Å²) in [5.74, 6) is 1.07. The lowest BCUT2D eigenvalue weighted by Crippen LogP contribution is -2.29. The molecule has 0 unspecified atom stereocenters. The second-order valence-electron chi connectivity index (χ2n) is 7.07. The molecule has 4 aromatic rings. The van der Waals surface area contributed by atoms with Crippen molar-refractivity contribution in [3.05, 3.63) is 93.8 Å². The molecule has 158 valence electrons. The molecule has 1 aromatic heterocycles. The zero-order valence-electron chi connectivity index (χ0n) is 17.2. The summed E-state index contributed by atoms with van der Waals surface area (Å²) in [6.07, 6.45) is 0.630. The van der Waals surface area contributed by atoms with Crippen molar-refractivity contribution in [2.75, 3.05) is 14.2 Å². The van der Waals surface area contributed by atoms with Gasteiger partial charge in [0.15, 0.2) is 11.5 Å². The average Bonchev–Trinajstić information content (AvgIpc) is 3.15. The van der Waals surface area contributed by atoms with E-state index in [0.717, 1.165) is 21.2 Å². The third kappa shape index (κ3) is 4.53. The predicted octanol–water partition coefficient (Wildman–Crippen LogP) is 6.29. The highest BCUT2D eigenvalue weighted by Crippen LogP contribution is 2.36. The number of benzene rings is 3. The predicted molar refractivity (Wildman–Crippen MR) is 127 cm³/mol. The Labute approximate surface area is 190 Å². The lowest BCUT2D eigenvalue weighted by Gasteiger charge is -2.21. The fourth-order valence-corrected chi connectivity index (χ4v) is 4.98. The molecule has 1 N–H and O–H groups in total. The van der Waals surface area contributed by atoms with Gasteiger partial charge in [-0.15, -0.1) is 11.3 Å². The van der Waals surface area contributed by atoms with Gasteiger partial charge >= 0.3 is 0 Å². The quantitative estimate of drug-likeness (QED) is 0.359. The first-order valence-corrected chi connectivity index (χ1v) is 11.0. The number of ether oxygens (including phenoxy) is 2. The maximum atomic E-state index is 13.2. The van der Waals surface area contributed by atoms with Gasteiger partial charge in [-0.1, -0.05) is 66.2 Å². The zero-order chi connectivity index (χ0) is 21.8. The topological polar surface area (TPSA) is 47.6 Å². The number of carbonyl (C=O) groups excluding carboxylic acids is 1. The number of thiophene rings is 1. The molecule has 0 radical (unpaired) electrons. The van der Waals surface area contributed by atoms with Crippen LogP contribution in [0.15, 0.2) is 72.8 Å². The molecule has 3 aromatic carbocycles. The second kappa shape index (κ2) is 9.41. The summed E-state index contributed by atoms with van der Waals surface area (Å²) >= 11 is 7.94. The minimum Gasteiger partial charge on any atom is -0.493 e. The molecule has 0 saturated carbocycles. The Bertz CT molecular complexity index is 1210. The van der Waals surface area contributed by atoms with Crippen LogP contribution in [0.1, 0.15) is 26.8 Å². The summed E-state index contributed by atoms with van der Waals surface area (Å²) in [5, 5.41) is 4.56. The van der Waals surface area contributed by atoms with E-state index in [1.807, 2.05) is 72.8 Å². The number of nitrogens with one attached hydrogen (secondary N) is 1. The van der Waals surface area contributed by atoms with Gasteiger partial charge in [0.05, 0.1) is 25.3 Å². The summed E-state index contributed by atoms with van der Waals surface area (Å²) in [4.78, 5) is 13.8. The summed E-state index contributed by atoms with van der Waals surface area (Å²) in [6.45, 7) is 0. The Morgan fingerprint density at radius 1 is 0.968 bits per heavy atom. The summed E-state index contributed by atoms with van der Waals surface area (Å²) in [5.41, 5.74) is 2.04. The molecule has 31 heavy (non-hydrogen) atoms. The van der Waals surface area contributed by atoms with Crippen LogP contribution >= 0.6 is 22.9 Å². The van der Waals surface area contributed by atoms with Gasteiger partial charge in [0, 0.05) is 10.1 Å². The molecule has 0 saturated heterocycles. The first-order valence-electron chi connectivity index (χ1n) is 9.84. The van der Waals surface area contributed by atoms with Gasteiger partial charge in [-0.05, 0) is 35.7 Å². The van der Waals surface area contributed by atoms with Crippen molar-refractivity contribution in [3.8, 4) is 11.5 Å². The summed E-state index contributed by atoms with van der Waals surface area (Å²) in [7, 11) is 3.20. The van der Waals surface area contributed by atoms with Crippen molar-refractivity contribution in [3.63, 3.8) is 0 Å². The first-order chi connectivity index (χ1) is 15.1. The molecule has 1 amide bonds. The molecule has 0 spiro atoms. The molecule has 1 atom stereocenters. The lowest BCUT2D eigenvalue weighted by molar-refractivity contribution is 0.0940. The Hall–Kier alpha value is -3.02. The molecular weight excluding hydrogens is 430 g/mol. The zero-order valence-corrected chi connectivity index (χ0v) is 18.8. The van der Waals surface area contributed by atoms with Gasteiger partial charge in [-0.3, -0.25) is 4.79 Å². The van der Waals surface area contributed by atoms with Crippen molar-refractivity contribution in [1.82, 2.24) is 5.32 Å². The highest BCUT2D eigenvalue weighted by Gasteiger charge is 2.22. The van der Waals surface area contributed by atoms with E-state index in [-0.39, 0.29) is 11.9 Å². The van der Waals surface area contributed by atoms with Crippen LogP contribution in [0, 0.1) is 0 Å². The van der Waals surface area contributed by atoms with E-state index in [0.29, 0.717) is 27.8 Å². The van der Waals surface area contributed by atoms with Gasteiger partial charge < -0.3 is 14.8 Å². The SMILES string of the molecule is COc1ccc([C@H](Cc2ccccc2)NC(=O)c2sc3ccccc3c2Cl)cc1OC. The fourth-order valence-electron chi connectivity index (χ4n) is 3.56. The number of rotatable bonds is 7. The highest BCUT2D eigenvalue weighted by molar-refractivity contribution is 7.21. The van der Waals surface area contributed by atoms with Gasteiger partial charge in [0.1, 0.15) is 4.88 Å². The highest BCUT2D eigenvalue weighted by atomic mass is 35.5. The summed E-state index contributed by atoms with van der Waals surface area (Å²) in [6, 6.07) is 23.3. The van der Waals surface area contributed by atoms with E-state index in [4.69, 9.17) is 21.1 Å². The smallest absolute Gasteiger partial charge is 0.263 e. The molecule has 6 heteroatoms. The first kappa shape index (κ1) is 21.2. The van der Waals surface area contributed by atoms with Crippen molar-refractivity contribution in [2.45, 2.75) is 12.5 Å². The van der Waals surface area contributed by atoms with Crippen LogP contribution in [0.5, 0.6) is 11.5 Å². The van der Waals surface area contributed by atoms with Crippen molar-refractivity contribution in [2.24, 2.45) is 0 Å². The maximum absolute atomic E-state index is 13.2. The molecule has 0 fully saturated rings. The van der Waals surface area contributed by atoms with Crippen LogP contribution in [-0.4, -0.2) is 20.1 Å². The van der Waals surface area contributed by atoms with E-state index in [9.17, 15) is 4.79 Å².